The van der Waals surface area contributed by atoms with Crippen molar-refractivity contribution in [3.63, 3.8) is 0 Å². The van der Waals surface area contributed by atoms with Gasteiger partial charge in [-0.2, -0.15) is 0 Å². The highest BCUT2D eigenvalue weighted by Gasteiger charge is 2.13. The van der Waals surface area contributed by atoms with Crippen molar-refractivity contribution in [3.05, 3.63) is 30.1 Å². The number of carbonyl (C=O) groups excluding carboxylic acids is 1. The zero-order valence-corrected chi connectivity index (χ0v) is 8.24. The predicted molar refractivity (Wildman–Crippen MR) is 49.9 cm³/mol. The minimum atomic E-state index is 0.0836. The summed E-state index contributed by atoms with van der Waals surface area (Å²) in [6.07, 6.45) is 3.72. The lowest BCUT2D eigenvalue weighted by molar-refractivity contribution is -0.378. The molecule has 0 aliphatic carbocycles. The summed E-state index contributed by atoms with van der Waals surface area (Å²) in [4.78, 5) is 15.7. The summed E-state index contributed by atoms with van der Waals surface area (Å²) in [5.74, 6) is 0.0836. The average Bonchev–Trinajstić information content (AvgIpc) is 2.17. The average molecular weight is 179 g/mol. The number of amides is 1. The van der Waals surface area contributed by atoms with Crippen molar-refractivity contribution in [2.75, 3.05) is 7.05 Å². The molecule has 1 rings (SSSR count). The van der Waals surface area contributed by atoms with Crippen LogP contribution in [0.25, 0.3) is 0 Å². The molecule has 0 saturated heterocycles. The molecule has 1 aromatic heterocycles. The molecule has 1 atom stereocenters. The third-order valence-electron chi connectivity index (χ3n) is 2.30. The highest BCUT2D eigenvalue weighted by atomic mass is 16.2. The third-order valence-corrected chi connectivity index (χ3v) is 2.30. The van der Waals surface area contributed by atoms with E-state index < -0.39 is 0 Å². The van der Waals surface area contributed by atoms with E-state index in [1.165, 1.54) is 0 Å². The molecule has 1 N–H and O–H groups in total. The minimum absolute atomic E-state index is 0.0836. The molecular formula is C10H15N2O+. The SMILES string of the molecule is CC(=O)N(C)C(C)c1cc[nH+]cc1. The lowest BCUT2D eigenvalue weighted by Crippen LogP contribution is -2.27. The zero-order valence-electron chi connectivity index (χ0n) is 8.24. The Morgan fingerprint density at radius 1 is 1.46 bits per heavy atom. The molecule has 0 aliphatic rings. The standard InChI is InChI=1S/C10H14N2O/c1-8(12(3)9(2)13)10-4-6-11-7-5-10/h4-8H,1-3H3/p+1. The number of rotatable bonds is 2. The van der Waals surface area contributed by atoms with Crippen molar-refractivity contribution in [3.8, 4) is 0 Å². The van der Waals surface area contributed by atoms with Crippen LogP contribution in [0.15, 0.2) is 24.5 Å². The van der Waals surface area contributed by atoms with Crippen LogP contribution in [0.5, 0.6) is 0 Å². The fraction of sp³-hybridized carbons (Fsp3) is 0.400. The van der Waals surface area contributed by atoms with Crippen LogP contribution in [0.1, 0.15) is 25.5 Å². The molecule has 0 fully saturated rings. The Morgan fingerprint density at radius 2 is 2.00 bits per heavy atom. The Bertz CT molecular complexity index is 284. The number of carbonyl (C=O) groups is 1. The van der Waals surface area contributed by atoms with Gasteiger partial charge in [-0.05, 0) is 12.5 Å². The molecule has 0 aliphatic heterocycles. The summed E-state index contributed by atoms with van der Waals surface area (Å²) in [7, 11) is 1.81. The smallest absolute Gasteiger partial charge is 0.219 e. The number of H-pyrrole nitrogens is 1. The van der Waals surface area contributed by atoms with Gasteiger partial charge < -0.3 is 4.90 Å². The molecule has 3 heteroatoms. The fourth-order valence-corrected chi connectivity index (χ4v) is 1.17. The third kappa shape index (κ3) is 2.28. The number of nitrogens with zero attached hydrogens (tertiary/aromatic N) is 1. The molecule has 3 nitrogen and oxygen atoms in total. The second kappa shape index (κ2) is 4.03. The van der Waals surface area contributed by atoms with Crippen LogP contribution in [-0.4, -0.2) is 17.9 Å². The lowest BCUT2D eigenvalue weighted by atomic mass is 10.1. The van der Waals surface area contributed by atoms with E-state index in [-0.39, 0.29) is 11.9 Å². The van der Waals surface area contributed by atoms with Gasteiger partial charge in [0.1, 0.15) is 0 Å². The topological polar surface area (TPSA) is 34.5 Å². The number of aromatic nitrogens is 1. The minimum Gasteiger partial charge on any atom is -0.339 e. The predicted octanol–water partition coefficient (Wildman–Crippen LogP) is 1.04. The second-order valence-corrected chi connectivity index (χ2v) is 3.14. The van der Waals surface area contributed by atoms with Crippen LogP contribution in [0, 0.1) is 0 Å². The zero-order chi connectivity index (χ0) is 9.84. The monoisotopic (exact) mass is 179 g/mol. The summed E-state index contributed by atoms with van der Waals surface area (Å²) in [5, 5.41) is 0. The number of aromatic amines is 1. The van der Waals surface area contributed by atoms with Crippen molar-refractivity contribution < 1.29 is 9.78 Å². The molecular weight excluding hydrogens is 164 g/mol. The summed E-state index contributed by atoms with van der Waals surface area (Å²) >= 11 is 0. The molecule has 1 amide bonds. The van der Waals surface area contributed by atoms with Crippen molar-refractivity contribution in [1.29, 1.82) is 0 Å². The van der Waals surface area contributed by atoms with Gasteiger partial charge in [0.2, 0.25) is 5.91 Å². The van der Waals surface area contributed by atoms with E-state index in [2.05, 4.69) is 4.98 Å². The highest BCUT2D eigenvalue weighted by Crippen LogP contribution is 2.16. The lowest BCUT2D eigenvalue weighted by Gasteiger charge is -2.23. The maximum Gasteiger partial charge on any atom is 0.219 e. The molecule has 70 valence electrons. The number of hydrogen-bond donors (Lipinski definition) is 0. The molecule has 0 saturated carbocycles. The molecule has 0 radical (unpaired) electrons. The van der Waals surface area contributed by atoms with Gasteiger partial charge in [-0.3, -0.25) is 4.79 Å². The quantitative estimate of drug-likeness (QED) is 0.668. The van der Waals surface area contributed by atoms with Crippen molar-refractivity contribution in [2.45, 2.75) is 19.9 Å². The maximum absolute atomic E-state index is 11.1. The van der Waals surface area contributed by atoms with E-state index in [1.807, 2.05) is 38.5 Å². The van der Waals surface area contributed by atoms with Gasteiger partial charge in [-0.25, -0.2) is 4.98 Å². The summed E-state index contributed by atoms with van der Waals surface area (Å²) in [6.45, 7) is 3.59. The first kappa shape index (κ1) is 9.71. The molecule has 1 aromatic rings. The maximum atomic E-state index is 11.1. The first-order valence-corrected chi connectivity index (χ1v) is 4.32. The first-order valence-electron chi connectivity index (χ1n) is 4.32. The van der Waals surface area contributed by atoms with E-state index in [1.54, 1.807) is 11.8 Å². The summed E-state index contributed by atoms with van der Waals surface area (Å²) in [5.41, 5.74) is 1.14. The molecule has 1 unspecified atom stereocenters. The Kier molecular flexibility index (Phi) is 3.01. The second-order valence-electron chi connectivity index (χ2n) is 3.14. The van der Waals surface area contributed by atoms with Gasteiger partial charge in [-0.15, -0.1) is 0 Å². The first-order chi connectivity index (χ1) is 6.13. The van der Waals surface area contributed by atoms with Gasteiger partial charge in [0, 0.05) is 26.1 Å². The van der Waals surface area contributed by atoms with E-state index in [0.29, 0.717) is 0 Å². The molecule has 0 aromatic carbocycles. The van der Waals surface area contributed by atoms with Crippen molar-refractivity contribution in [1.82, 2.24) is 4.90 Å². The van der Waals surface area contributed by atoms with Crippen LogP contribution in [0.3, 0.4) is 0 Å². The van der Waals surface area contributed by atoms with E-state index in [4.69, 9.17) is 0 Å². The van der Waals surface area contributed by atoms with Gasteiger partial charge in [0.15, 0.2) is 12.4 Å². The van der Waals surface area contributed by atoms with Gasteiger partial charge in [0.25, 0.3) is 0 Å². The van der Waals surface area contributed by atoms with Crippen LogP contribution >= 0.6 is 0 Å². The largest absolute Gasteiger partial charge is 0.339 e. The van der Waals surface area contributed by atoms with Crippen LogP contribution in [0.2, 0.25) is 0 Å². The van der Waals surface area contributed by atoms with Gasteiger partial charge in [0.05, 0.1) is 6.04 Å². The Labute approximate surface area is 78.4 Å². The van der Waals surface area contributed by atoms with Gasteiger partial charge in [-0.1, -0.05) is 0 Å². The van der Waals surface area contributed by atoms with E-state index in [0.717, 1.165) is 5.56 Å². The van der Waals surface area contributed by atoms with Gasteiger partial charge >= 0.3 is 0 Å². The van der Waals surface area contributed by atoms with Crippen molar-refractivity contribution in [2.24, 2.45) is 0 Å². The number of hydrogen-bond acceptors (Lipinski definition) is 1. The van der Waals surface area contributed by atoms with Crippen LogP contribution in [0.4, 0.5) is 0 Å². The van der Waals surface area contributed by atoms with Crippen molar-refractivity contribution >= 4 is 5.91 Å². The van der Waals surface area contributed by atoms with E-state index >= 15 is 0 Å². The summed E-state index contributed by atoms with van der Waals surface area (Å²) in [6, 6.07) is 4.08. The Hall–Kier alpha value is -1.38. The fourth-order valence-electron chi connectivity index (χ4n) is 1.17. The molecule has 13 heavy (non-hydrogen) atoms. The molecule has 1 heterocycles. The summed E-state index contributed by atoms with van der Waals surface area (Å²) < 4.78 is 0. The Morgan fingerprint density at radius 3 is 2.46 bits per heavy atom. The van der Waals surface area contributed by atoms with Crippen LogP contribution < -0.4 is 4.98 Å². The molecule has 0 spiro atoms. The number of nitrogens with one attached hydrogen (secondary N) is 1. The molecule has 0 bridgehead atoms. The Balaban J connectivity index is 2.79. The number of pyridine rings is 1. The van der Waals surface area contributed by atoms with E-state index in [9.17, 15) is 4.79 Å². The highest BCUT2D eigenvalue weighted by molar-refractivity contribution is 5.73. The van der Waals surface area contributed by atoms with Crippen LogP contribution in [-0.2, 0) is 4.79 Å². The normalized spacial score (nSPS) is 12.2.